The van der Waals surface area contributed by atoms with Crippen LogP contribution in [0.4, 0.5) is 0 Å². The fourth-order valence-corrected chi connectivity index (χ4v) is 5.22. The zero-order valence-electron chi connectivity index (χ0n) is 20.5. The SMILES string of the molecule is Cc1ccc(-c2nc(C(=O)NC3CCN(Cc4ccccc4)CC3)cc3c2[nH]c2ccccc23)cc1. The number of aromatic amines is 1. The highest BCUT2D eigenvalue weighted by atomic mass is 16.1. The molecule has 5 aromatic rings. The van der Waals surface area contributed by atoms with Crippen LogP contribution >= 0.6 is 0 Å². The topological polar surface area (TPSA) is 61.0 Å². The first kappa shape index (κ1) is 22.5. The summed E-state index contributed by atoms with van der Waals surface area (Å²) < 4.78 is 0. The van der Waals surface area contributed by atoms with Crippen LogP contribution in [-0.4, -0.2) is 39.9 Å². The molecular formula is C31H30N4O. The van der Waals surface area contributed by atoms with Crippen molar-refractivity contribution < 1.29 is 4.79 Å². The first-order valence-electron chi connectivity index (χ1n) is 12.7. The summed E-state index contributed by atoms with van der Waals surface area (Å²) in [6.45, 7) is 4.98. The van der Waals surface area contributed by atoms with E-state index in [1.54, 1.807) is 0 Å². The fraction of sp³-hybridized carbons (Fsp3) is 0.226. The van der Waals surface area contributed by atoms with Crippen molar-refractivity contribution in [3.8, 4) is 11.3 Å². The minimum absolute atomic E-state index is 0.1000. The van der Waals surface area contributed by atoms with Crippen LogP contribution in [0.15, 0.2) is 84.9 Å². The van der Waals surface area contributed by atoms with Crippen LogP contribution in [0, 0.1) is 6.92 Å². The van der Waals surface area contributed by atoms with Gasteiger partial charge in [-0.1, -0.05) is 78.4 Å². The monoisotopic (exact) mass is 474 g/mol. The number of amides is 1. The lowest BCUT2D eigenvalue weighted by Gasteiger charge is -2.32. The number of para-hydroxylation sites is 1. The predicted octanol–water partition coefficient (Wildman–Crippen LogP) is 6.09. The smallest absolute Gasteiger partial charge is 0.270 e. The van der Waals surface area contributed by atoms with Crippen molar-refractivity contribution in [2.45, 2.75) is 32.4 Å². The molecule has 2 aromatic heterocycles. The van der Waals surface area contributed by atoms with Crippen LogP contribution in [0.2, 0.25) is 0 Å². The number of hydrogen-bond donors (Lipinski definition) is 2. The van der Waals surface area contributed by atoms with Crippen molar-refractivity contribution in [1.82, 2.24) is 20.2 Å². The van der Waals surface area contributed by atoms with Crippen LogP contribution in [0.25, 0.3) is 33.1 Å². The summed E-state index contributed by atoms with van der Waals surface area (Å²) in [5, 5.41) is 5.40. The van der Waals surface area contributed by atoms with Gasteiger partial charge < -0.3 is 10.3 Å². The number of carbonyl (C=O) groups is 1. The Morgan fingerprint density at radius 3 is 2.44 bits per heavy atom. The van der Waals surface area contributed by atoms with Crippen molar-refractivity contribution in [2.75, 3.05) is 13.1 Å². The maximum atomic E-state index is 13.4. The number of rotatable bonds is 5. The normalized spacial score (nSPS) is 14.9. The first-order valence-corrected chi connectivity index (χ1v) is 12.7. The van der Waals surface area contributed by atoms with Gasteiger partial charge in [0.05, 0.1) is 11.2 Å². The Morgan fingerprint density at radius 2 is 1.67 bits per heavy atom. The minimum atomic E-state index is -0.1000. The molecule has 1 amide bonds. The quantitative estimate of drug-likeness (QED) is 0.324. The maximum Gasteiger partial charge on any atom is 0.270 e. The molecule has 3 aromatic carbocycles. The van der Waals surface area contributed by atoms with E-state index in [2.05, 4.69) is 88.9 Å². The summed E-state index contributed by atoms with van der Waals surface area (Å²) in [7, 11) is 0. The molecule has 2 N–H and O–H groups in total. The van der Waals surface area contributed by atoms with Gasteiger partial charge in [-0.2, -0.15) is 0 Å². The number of likely N-dealkylation sites (tertiary alicyclic amines) is 1. The minimum Gasteiger partial charge on any atom is -0.353 e. The van der Waals surface area contributed by atoms with E-state index in [1.807, 2.05) is 18.2 Å². The Labute approximate surface area is 211 Å². The summed E-state index contributed by atoms with van der Waals surface area (Å²) in [4.78, 5) is 24.3. The molecule has 0 atom stereocenters. The molecule has 3 heterocycles. The molecule has 5 heteroatoms. The van der Waals surface area contributed by atoms with Gasteiger partial charge in [0, 0.05) is 47.5 Å². The van der Waals surface area contributed by atoms with Crippen LogP contribution in [0.5, 0.6) is 0 Å². The summed E-state index contributed by atoms with van der Waals surface area (Å²) in [6, 6.07) is 29.2. The highest BCUT2D eigenvalue weighted by Gasteiger charge is 2.23. The van der Waals surface area contributed by atoms with Gasteiger partial charge in [-0.05, 0) is 37.5 Å². The molecule has 5 nitrogen and oxygen atoms in total. The number of aromatic nitrogens is 2. The first-order chi connectivity index (χ1) is 17.6. The molecule has 6 rings (SSSR count). The number of nitrogens with zero attached hydrogens (tertiary/aromatic N) is 2. The van der Waals surface area contributed by atoms with Gasteiger partial charge in [0.15, 0.2) is 0 Å². The molecule has 0 aliphatic carbocycles. The van der Waals surface area contributed by atoms with Gasteiger partial charge in [0.1, 0.15) is 5.69 Å². The van der Waals surface area contributed by atoms with Gasteiger partial charge in [-0.3, -0.25) is 9.69 Å². The van der Waals surface area contributed by atoms with E-state index in [4.69, 9.17) is 4.98 Å². The standard InChI is InChI=1S/C31H30N4O/c1-21-11-13-23(14-12-21)29-30-26(25-9-5-6-10-27(25)33-30)19-28(34-29)31(36)32-24-15-17-35(18-16-24)20-22-7-3-2-4-8-22/h2-14,19,24,33H,15-18,20H2,1H3,(H,32,36). The van der Waals surface area contributed by atoms with Crippen molar-refractivity contribution in [3.05, 3.63) is 102 Å². The molecule has 0 unspecified atom stereocenters. The third kappa shape index (κ3) is 4.50. The van der Waals surface area contributed by atoms with E-state index in [1.165, 1.54) is 11.1 Å². The summed E-state index contributed by atoms with van der Waals surface area (Å²) in [5.41, 5.74) is 6.82. The average Bonchev–Trinajstić information content (AvgIpc) is 3.29. The van der Waals surface area contributed by atoms with Gasteiger partial charge in [0.25, 0.3) is 5.91 Å². The number of H-pyrrole nitrogens is 1. The number of benzene rings is 3. The largest absolute Gasteiger partial charge is 0.353 e. The molecule has 1 saturated heterocycles. The van der Waals surface area contributed by atoms with E-state index in [0.29, 0.717) is 5.69 Å². The predicted molar refractivity (Wildman–Crippen MR) is 146 cm³/mol. The lowest BCUT2D eigenvalue weighted by molar-refractivity contribution is 0.0904. The molecule has 0 spiro atoms. The number of aryl methyl sites for hydroxylation is 1. The maximum absolute atomic E-state index is 13.4. The molecule has 1 fully saturated rings. The number of nitrogens with one attached hydrogen (secondary N) is 2. The molecule has 0 bridgehead atoms. The van der Waals surface area contributed by atoms with Gasteiger partial charge >= 0.3 is 0 Å². The molecule has 1 aliphatic heterocycles. The molecule has 180 valence electrons. The number of fused-ring (bicyclic) bond motifs is 3. The van der Waals surface area contributed by atoms with Crippen molar-refractivity contribution in [1.29, 1.82) is 0 Å². The average molecular weight is 475 g/mol. The molecule has 36 heavy (non-hydrogen) atoms. The second kappa shape index (κ2) is 9.59. The molecular weight excluding hydrogens is 444 g/mol. The number of pyridine rings is 1. The zero-order chi connectivity index (χ0) is 24.5. The Kier molecular flexibility index (Phi) is 5.99. The van der Waals surface area contributed by atoms with E-state index >= 15 is 0 Å². The van der Waals surface area contributed by atoms with E-state index in [-0.39, 0.29) is 11.9 Å². The summed E-state index contributed by atoms with van der Waals surface area (Å²) in [6.07, 6.45) is 1.89. The highest BCUT2D eigenvalue weighted by Crippen LogP contribution is 2.33. The Morgan fingerprint density at radius 1 is 0.944 bits per heavy atom. The second-order valence-electron chi connectivity index (χ2n) is 9.82. The zero-order valence-corrected chi connectivity index (χ0v) is 20.5. The van der Waals surface area contributed by atoms with Crippen LogP contribution < -0.4 is 5.32 Å². The summed E-state index contributed by atoms with van der Waals surface area (Å²) >= 11 is 0. The molecule has 1 aliphatic rings. The van der Waals surface area contributed by atoms with Gasteiger partial charge in [-0.25, -0.2) is 4.98 Å². The van der Waals surface area contributed by atoms with Crippen LogP contribution in [-0.2, 0) is 6.54 Å². The fourth-order valence-electron chi connectivity index (χ4n) is 5.22. The second-order valence-corrected chi connectivity index (χ2v) is 9.82. The number of piperidine rings is 1. The van der Waals surface area contributed by atoms with Gasteiger partial charge in [0.2, 0.25) is 0 Å². The Bertz CT molecular complexity index is 1510. The van der Waals surface area contributed by atoms with Crippen LogP contribution in [0.3, 0.4) is 0 Å². The Balaban J connectivity index is 1.25. The van der Waals surface area contributed by atoms with Crippen LogP contribution in [0.1, 0.15) is 34.5 Å². The van der Waals surface area contributed by atoms with Gasteiger partial charge in [-0.15, -0.1) is 0 Å². The van der Waals surface area contributed by atoms with E-state index in [9.17, 15) is 4.79 Å². The summed E-state index contributed by atoms with van der Waals surface area (Å²) in [5.74, 6) is -0.1000. The number of carbonyl (C=O) groups excluding carboxylic acids is 1. The van der Waals surface area contributed by atoms with E-state index in [0.717, 1.165) is 65.5 Å². The van der Waals surface area contributed by atoms with E-state index < -0.39 is 0 Å². The van der Waals surface area contributed by atoms with Crippen molar-refractivity contribution in [2.24, 2.45) is 0 Å². The lowest BCUT2D eigenvalue weighted by atomic mass is 10.0. The third-order valence-corrected chi connectivity index (χ3v) is 7.23. The number of hydrogen-bond acceptors (Lipinski definition) is 3. The van der Waals surface area contributed by atoms with Crippen molar-refractivity contribution >= 4 is 27.7 Å². The Hall–Kier alpha value is -3.96. The lowest BCUT2D eigenvalue weighted by Crippen LogP contribution is -2.44. The van der Waals surface area contributed by atoms with Crippen molar-refractivity contribution in [3.63, 3.8) is 0 Å². The molecule has 0 saturated carbocycles. The third-order valence-electron chi connectivity index (χ3n) is 7.23. The molecule has 0 radical (unpaired) electrons. The highest BCUT2D eigenvalue weighted by molar-refractivity contribution is 6.13.